The Morgan fingerprint density at radius 1 is 1.33 bits per heavy atom. The number of aryl methyl sites for hydroxylation is 2. The fraction of sp³-hybridized carbons (Fsp3) is 0.524. The van der Waals surface area contributed by atoms with Crippen molar-refractivity contribution in [2.45, 2.75) is 51.1 Å². The van der Waals surface area contributed by atoms with Crippen molar-refractivity contribution in [3.8, 4) is 5.75 Å². The van der Waals surface area contributed by atoms with Gasteiger partial charge in [0.25, 0.3) is 0 Å². The molecule has 6 heteroatoms. The van der Waals surface area contributed by atoms with Gasteiger partial charge in [-0.2, -0.15) is 5.10 Å². The minimum atomic E-state index is -0.0220. The number of methoxy groups -OCH3 is 1. The van der Waals surface area contributed by atoms with Crippen molar-refractivity contribution >= 4 is 5.91 Å². The molecule has 1 aromatic heterocycles. The highest BCUT2D eigenvalue weighted by molar-refractivity contribution is 5.75. The number of carbonyl (C=O) groups is 1. The van der Waals surface area contributed by atoms with Gasteiger partial charge >= 0.3 is 0 Å². The van der Waals surface area contributed by atoms with Crippen LogP contribution in [0.2, 0.25) is 0 Å². The number of benzene rings is 1. The number of carbonyl (C=O) groups excluding carboxylic acids is 1. The lowest BCUT2D eigenvalue weighted by molar-refractivity contribution is -0.122. The smallest absolute Gasteiger partial charge is 0.242 e. The van der Waals surface area contributed by atoms with Crippen molar-refractivity contribution in [3.63, 3.8) is 0 Å². The Morgan fingerprint density at radius 2 is 2.19 bits per heavy atom. The Bertz CT molecular complexity index is 809. The van der Waals surface area contributed by atoms with E-state index in [4.69, 9.17) is 4.74 Å². The number of nitrogens with zero attached hydrogens (tertiary/aromatic N) is 2. The highest BCUT2D eigenvalue weighted by Gasteiger charge is 2.20. The van der Waals surface area contributed by atoms with Gasteiger partial charge in [-0.1, -0.05) is 6.07 Å². The number of piperidine rings is 1. The Balaban J connectivity index is 1.39. The van der Waals surface area contributed by atoms with Crippen molar-refractivity contribution in [2.75, 3.05) is 20.2 Å². The molecule has 0 bridgehead atoms. The molecule has 1 fully saturated rings. The van der Waals surface area contributed by atoms with Crippen LogP contribution >= 0.6 is 0 Å². The summed E-state index contributed by atoms with van der Waals surface area (Å²) in [4.78, 5) is 12.5. The van der Waals surface area contributed by atoms with Crippen LogP contribution in [0.25, 0.3) is 0 Å². The zero-order chi connectivity index (χ0) is 18.6. The summed E-state index contributed by atoms with van der Waals surface area (Å²) in [5.74, 6) is 1.28. The van der Waals surface area contributed by atoms with Crippen molar-refractivity contribution in [1.29, 1.82) is 0 Å². The van der Waals surface area contributed by atoms with E-state index in [1.54, 1.807) is 13.3 Å². The first-order valence-electron chi connectivity index (χ1n) is 9.92. The zero-order valence-electron chi connectivity index (χ0n) is 16.0. The van der Waals surface area contributed by atoms with E-state index in [0.717, 1.165) is 49.4 Å². The van der Waals surface area contributed by atoms with Crippen LogP contribution in [-0.2, 0) is 30.7 Å². The largest absolute Gasteiger partial charge is 0.496 e. The molecular weight excluding hydrogens is 340 g/mol. The summed E-state index contributed by atoms with van der Waals surface area (Å²) in [7, 11) is 1.69. The normalized spacial score (nSPS) is 18.9. The van der Waals surface area contributed by atoms with Gasteiger partial charge in [-0.25, -0.2) is 0 Å². The third kappa shape index (κ3) is 4.00. The first-order valence-corrected chi connectivity index (χ1v) is 9.92. The minimum Gasteiger partial charge on any atom is -0.496 e. The molecule has 4 rings (SSSR count). The molecule has 1 aliphatic heterocycles. The van der Waals surface area contributed by atoms with Gasteiger partial charge in [0.2, 0.25) is 5.91 Å². The van der Waals surface area contributed by atoms with Crippen LogP contribution in [-0.4, -0.2) is 35.9 Å². The average Bonchev–Trinajstić information content (AvgIpc) is 3.35. The van der Waals surface area contributed by atoms with Crippen molar-refractivity contribution in [3.05, 3.63) is 46.8 Å². The number of hydrogen-bond donors (Lipinski definition) is 2. The lowest BCUT2D eigenvalue weighted by Gasteiger charge is -2.23. The van der Waals surface area contributed by atoms with Gasteiger partial charge in [-0.3, -0.25) is 9.48 Å². The summed E-state index contributed by atoms with van der Waals surface area (Å²) in [5.41, 5.74) is 4.96. The van der Waals surface area contributed by atoms with E-state index in [1.165, 1.54) is 24.0 Å². The van der Waals surface area contributed by atoms with E-state index in [1.807, 2.05) is 10.7 Å². The predicted octanol–water partition coefficient (Wildman–Crippen LogP) is 2.16. The standard InChI is InChI=1S/C21H28N4O2/c1-27-20-11-16-5-2-4-15(16)10-18(20)13-23-21(26)14-25-19(7-9-24-25)17-6-3-8-22-12-17/h7,9-11,17,22H,2-6,8,12-14H2,1H3,(H,23,26)/t17-/m1/s1. The molecule has 1 saturated heterocycles. The Hall–Kier alpha value is -2.34. The molecule has 0 unspecified atom stereocenters. The second-order valence-corrected chi connectivity index (χ2v) is 7.52. The molecule has 2 aromatic rings. The molecule has 1 aliphatic carbocycles. The summed E-state index contributed by atoms with van der Waals surface area (Å²) < 4.78 is 7.37. The van der Waals surface area contributed by atoms with Gasteiger partial charge in [-0.05, 0) is 61.9 Å². The molecule has 0 radical (unpaired) electrons. The number of hydrogen-bond acceptors (Lipinski definition) is 4. The molecule has 1 aromatic carbocycles. The van der Waals surface area contributed by atoms with E-state index in [2.05, 4.69) is 27.9 Å². The monoisotopic (exact) mass is 368 g/mol. The third-order valence-electron chi connectivity index (χ3n) is 5.73. The van der Waals surface area contributed by atoms with Gasteiger partial charge in [0.1, 0.15) is 12.3 Å². The van der Waals surface area contributed by atoms with Crippen LogP contribution in [0.15, 0.2) is 24.4 Å². The van der Waals surface area contributed by atoms with E-state index in [-0.39, 0.29) is 12.5 Å². The number of nitrogens with one attached hydrogen (secondary N) is 2. The van der Waals surface area contributed by atoms with Gasteiger partial charge in [0.15, 0.2) is 0 Å². The Labute approximate surface area is 160 Å². The molecule has 0 saturated carbocycles. The lowest BCUT2D eigenvalue weighted by atomic mass is 9.96. The maximum atomic E-state index is 12.5. The first-order chi connectivity index (χ1) is 13.2. The van der Waals surface area contributed by atoms with Crippen molar-refractivity contribution < 1.29 is 9.53 Å². The van der Waals surface area contributed by atoms with Crippen LogP contribution in [0, 0.1) is 0 Å². The zero-order valence-corrected chi connectivity index (χ0v) is 16.0. The number of amides is 1. The third-order valence-corrected chi connectivity index (χ3v) is 5.73. The molecule has 6 nitrogen and oxygen atoms in total. The van der Waals surface area contributed by atoms with Gasteiger partial charge in [0, 0.05) is 36.5 Å². The van der Waals surface area contributed by atoms with E-state index in [0.29, 0.717) is 12.5 Å². The number of fused-ring (bicyclic) bond motifs is 1. The number of aromatic nitrogens is 2. The molecule has 2 heterocycles. The maximum Gasteiger partial charge on any atom is 0.242 e. The quantitative estimate of drug-likeness (QED) is 0.820. The summed E-state index contributed by atoms with van der Waals surface area (Å²) in [6, 6.07) is 6.36. The average molecular weight is 368 g/mol. The molecule has 1 atom stereocenters. The second kappa shape index (κ2) is 8.13. The van der Waals surface area contributed by atoms with Crippen LogP contribution in [0.4, 0.5) is 0 Å². The molecule has 2 aliphatic rings. The summed E-state index contributed by atoms with van der Waals surface area (Å²) in [6.45, 7) is 2.77. The molecular formula is C21H28N4O2. The van der Waals surface area contributed by atoms with E-state index < -0.39 is 0 Å². The molecule has 0 spiro atoms. The van der Waals surface area contributed by atoms with Crippen LogP contribution < -0.4 is 15.4 Å². The molecule has 1 amide bonds. The Kier molecular flexibility index (Phi) is 5.43. The van der Waals surface area contributed by atoms with E-state index >= 15 is 0 Å². The highest BCUT2D eigenvalue weighted by atomic mass is 16.5. The van der Waals surface area contributed by atoms with Crippen LogP contribution in [0.5, 0.6) is 5.75 Å². The van der Waals surface area contributed by atoms with Crippen molar-refractivity contribution in [1.82, 2.24) is 20.4 Å². The lowest BCUT2D eigenvalue weighted by Crippen LogP contribution is -2.32. The summed E-state index contributed by atoms with van der Waals surface area (Å²) >= 11 is 0. The first kappa shape index (κ1) is 18.0. The maximum absolute atomic E-state index is 12.5. The summed E-state index contributed by atoms with van der Waals surface area (Å²) in [5, 5.41) is 10.8. The Morgan fingerprint density at radius 3 is 2.96 bits per heavy atom. The number of ether oxygens (including phenoxy) is 1. The van der Waals surface area contributed by atoms with Gasteiger partial charge < -0.3 is 15.4 Å². The van der Waals surface area contributed by atoms with E-state index in [9.17, 15) is 4.79 Å². The van der Waals surface area contributed by atoms with Crippen LogP contribution in [0.3, 0.4) is 0 Å². The minimum absolute atomic E-state index is 0.0220. The topological polar surface area (TPSA) is 68.2 Å². The highest BCUT2D eigenvalue weighted by Crippen LogP contribution is 2.30. The van der Waals surface area contributed by atoms with Gasteiger partial charge in [0.05, 0.1) is 7.11 Å². The molecule has 2 N–H and O–H groups in total. The fourth-order valence-electron chi connectivity index (χ4n) is 4.29. The van der Waals surface area contributed by atoms with Crippen LogP contribution in [0.1, 0.15) is 47.6 Å². The molecule has 27 heavy (non-hydrogen) atoms. The van der Waals surface area contributed by atoms with Crippen molar-refractivity contribution in [2.24, 2.45) is 0 Å². The van der Waals surface area contributed by atoms with Gasteiger partial charge in [-0.15, -0.1) is 0 Å². The SMILES string of the molecule is COc1cc2c(cc1CNC(=O)Cn1nccc1[C@@H]1CCCNC1)CCC2. The predicted molar refractivity (Wildman–Crippen MR) is 104 cm³/mol. The molecule has 144 valence electrons. The number of rotatable bonds is 6. The fourth-order valence-corrected chi connectivity index (χ4v) is 4.29. The second-order valence-electron chi connectivity index (χ2n) is 7.52. The summed E-state index contributed by atoms with van der Waals surface area (Å²) in [6.07, 6.45) is 7.54.